The van der Waals surface area contributed by atoms with Crippen LogP contribution < -0.4 is 16.0 Å². The molecule has 1 aromatic rings. The normalized spacial score (nSPS) is 19.4. The van der Waals surface area contributed by atoms with Crippen molar-refractivity contribution >= 4 is 11.6 Å². The average molecular weight is 275 g/mol. The van der Waals surface area contributed by atoms with Crippen molar-refractivity contribution in [2.75, 3.05) is 18.0 Å². The van der Waals surface area contributed by atoms with Gasteiger partial charge in [-0.15, -0.1) is 0 Å². The van der Waals surface area contributed by atoms with Gasteiger partial charge in [0.15, 0.2) is 0 Å². The number of nitrogens with zero attached hydrogens (tertiary/aromatic N) is 1. The van der Waals surface area contributed by atoms with Crippen LogP contribution in [0.25, 0.3) is 0 Å². The Labute approximate surface area is 121 Å². The quantitative estimate of drug-likeness (QED) is 0.859. The Morgan fingerprint density at radius 1 is 1.50 bits per heavy atom. The molecule has 0 saturated heterocycles. The summed E-state index contributed by atoms with van der Waals surface area (Å²) in [5.74, 6) is 0.0782. The summed E-state index contributed by atoms with van der Waals surface area (Å²) in [6, 6.07) is 8.79. The maximum absolute atomic E-state index is 12.2. The van der Waals surface area contributed by atoms with Gasteiger partial charge in [-0.05, 0) is 37.8 Å². The van der Waals surface area contributed by atoms with Gasteiger partial charge in [0.1, 0.15) is 0 Å². The van der Waals surface area contributed by atoms with Crippen LogP contribution in [0, 0.1) is 0 Å². The number of anilines is 1. The molecule has 1 heterocycles. The van der Waals surface area contributed by atoms with E-state index in [2.05, 4.69) is 35.3 Å². The number of carbonyl (C=O) groups is 1. The third-order valence-electron chi connectivity index (χ3n) is 4.09. The van der Waals surface area contributed by atoms with Gasteiger partial charge in [-0.1, -0.05) is 25.1 Å². The number of amides is 1. The third-order valence-corrected chi connectivity index (χ3v) is 4.09. The summed E-state index contributed by atoms with van der Waals surface area (Å²) in [7, 11) is 0. The van der Waals surface area contributed by atoms with Gasteiger partial charge in [-0.2, -0.15) is 0 Å². The van der Waals surface area contributed by atoms with Crippen molar-refractivity contribution in [3.05, 3.63) is 29.8 Å². The number of para-hydroxylation sites is 1. The van der Waals surface area contributed by atoms with E-state index in [1.165, 1.54) is 5.56 Å². The summed E-state index contributed by atoms with van der Waals surface area (Å²) >= 11 is 0. The Morgan fingerprint density at radius 3 is 2.95 bits per heavy atom. The summed E-state index contributed by atoms with van der Waals surface area (Å²) in [4.78, 5) is 14.3. The Morgan fingerprint density at radius 2 is 2.25 bits per heavy atom. The van der Waals surface area contributed by atoms with Crippen LogP contribution in [0.5, 0.6) is 0 Å². The molecule has 2 unspecified atom stereocenters. The van der Waals surface area contributed by atoms with Crippen LogP contribution in [0.15, 0.2) is 24.3 Å². The largest absolute Gasteiger partial charge is 0.358 e. The number of fused-ring (bicyclic) bond motifs is 1. The van der Waals surface area contributed by atoms with Crippen molar-refractivity contribution in [1.29, 1.82) is 0 Å². The number of aryl methyl sites for hydroxylation is 1. The first-order valence-electron chi connectivity index (χ1n) is 7.49. The van der Waals surface area contributed by atoms with Gasteiger partial charge in [-0.3, -0.25) is 4.79 Å². The minimum absolute atomic E-state index is 0.0782. The van der Waals surface area contributed by atoms with Gasteiger partial charge in [0.05, 0.1) is 6.54 Å². The average Bonchev–Trinajstić information content (AvgIpc) is 2.47. The van der Waals surface area contributed by atoms with E-state index in [1.54, 1.807) is 0 Å². The van der Waals surface area contributed by atoms with Gasteiger partial charge in [-0.25, -0.2) is 0 Å². The topological polar surface area (TPSA) is 58.4 Å². The molecular weight excluding hydrogens is 250 g/mol. The fraction of sp³-hybridized carbons (Fsp3) is 0.562. The van der Waals surface area contributed by atoms with Crippen LogP contribution in [0.2, 0.25) is 0 Å². The highest BCUT2D eigenvalue weighted by Gasteiger charge is 2.26. The number of carbonyl (C=O) groups excluding carboxylic acids is 1. The molecule has 1 aromatic carbocycles. The second-order valence-electron chi connectivity index (χ2n) is 5.56. The van der Waals surface area contributed by atoms with Crippen LogP contribution in [0.1, 0.15) is 32.3 Å². The minimum Gasteiger partial charge on any atom is -0.358 e. The predicted molar refractivity (Wildman–Crippen MR) is 82.8 cm³/mol. The molecular formula is C16H25N3O. The minimum atomic E-state index is 0.0782. The zero-order valence-electron chi connectivity index (χ0n) is 12.4. The number of hydrogen-bond donors (Lipinski definition) is 2. The van der Waals surface area contributed by atoms with Gasteiger partial charge >= 0.3 is 0 Å². The monoisotopic (exact) mass is 275 g/mol. The van der Waals surface area contributed by atoms with Crippen molar-refractivity contribution in [1.82, 2.24) is 5.32 Å². The second-order valence-corrected chi connectivity index (χ2v) is 5.56. The Hall–Kier alpha value is -1.55. The molecule has 1 amide bonds. The number of hydrogen-bond acceptors (Lipinski definition) is 3. The van der Waals surface area contributed by atoms with E-state index in [0.29, 0.717) is 13.1 Å². The van der Waals surface area contributed by atoms with Gasteiger partial charge in [0.25, 0.3) is 0 Å². The van der Waals surface area contributed by atoms with Crippen LogP contribution in [0.4, 0.5) is 5.69 Å². The maximum Gasteiger partial charge on any atom is 0.239 e. The molecule has 1 aliphatic heterocycles. The fourth-order valence-electron chi connectivity index (χ4n) is 2.71. The zero-order valence-corrected chi connectivity index (χ0v) is 12.4. The maximum atomic E-state index is 12.2. The summed E-state index contributed by atoms with van der Waals surface area (Å²) in [5, 5.41) is 3.03. The smallest absolute Gasteiger partial charge is 0.239 e. The molecule has 2 rings (SSSR count). The van der Waals surface area contributed by atoms with E-state index in [-0.39, 0.29) is 18.0 Å². The molecule has 0 radical (unpaired) electrons. The van der Waals surface area contributed by atoms with Crippen LogP contribution in [-0.2, 0) is 11.2 Å². The molecule has 0 saturated carbocycles. The highest BCUT2D eigenvalue weighted by molar-refractivity contribution is 5.82. The molecule has 2 atom stereocenters. The molecule has 0 aliphatic carbocycles. The molecule has 1 aliphatic rings. The van der Waals surface area contributed by atoms with Crippen LogP contribution in [-0.4, -0.2) is 31.1 Å². The van der Waals surface area contributed by atoms with Crippen molar-refractivity contribution in [3.8, 4) is 0 Å². The van der Waals surface area contributed by atoms with E-state index < -0.39 is 0 Å². The predicted octanol–water partition coefficient (Wildman–Crippen LogP) is 1.68. The van der Waals surface area contributed by atoms with Gasteiger partial charge in [0.2, 0.25) is 5.91 Å². The SMILES string of the molecule is CCC(C)NC(=O)CN1c2ccccc2CCC1CN. The van der Waals surface area contributed by atoms with E-state index in [9.17, 15) is 4.79 Å². The lowest BCUT2D eigenvalue weighted by Gasteiger charge is -2.38. The second kappa shape index (κ2) is 6.75. The molecule has 0 bridgehead atoms. The number of nitrogens with one attached hydrogen (secondary N) is 1. The highest BCUT2D eigenvalue weighted by atomic mass is 16.2. The van der Waals surface area contributed by atoms with E-state index in [4.69, 9.17) is 5.73 Å². The van der Waals surface area contributed by atoms with E-state index in [1.807, 2.05) is 13.0 Å². The lowest BCUT2D eigenvalue weighted by atomic mass is 9.95. The third kappa shape index (κ3) is 3.31. The fourth-order valence-corrected chi connectivity index (χ4v) is 2.71. The molecule has 0 spiro atoms. The standard InChI is InChI=1S/C16H25N3O/c1-3-12(2)18-16(20)11-19-14(10-17)9-8-13-6-4-5-7-15(13)19/h4-7,12,14H,3,8-11,17H2,1-2H3,(H,18,20). The zero-order chi connectivity index (χ0) is 14.5. The molecule has 0 fully saturated rings. The number of benzene rings is 1. The molecule has 20 heavy (non-hydrogen) atoms. The Kier molecular flexibility index (Phi) is 5.01. The highest BCUT2D eigenvalue weighted by Crippen LogP contribution is 2.29. The lowest BCUT2D eigenvalue weighted by molar-refractivity contribution is -0.120. The summed E-state index contributed by atoms with van der Waals surface area (Å²) in [5.41, 5.74) is 8.35. The molecule has 3 N–H and O–H groups in total. The Balaban J connectivity index is 2.13. The van der Waals surface area contributed by atoms with Gasteiger partial charge < -0.3 is 16.0 Å². The summed E-state index contributed by atoms with van der Waals surface area (Å²) in [6.45, 7) is 5.08. The summed E-state index contributed by atoms with van der Waals surface area (Å²) < 4.78 is 0. The van der Waals surface area contributed by atoms with Crippen LogP contribution in [0.3, 0.4) is 0 Å². The van der Waals surface area contributed by atoms with Crippen molar-refractivity contribution in [2.24, 2.45) is 5.73 Å². The Bertz CT molecular complexity index is 461. The molecule has 4 nitrogen and oxygen atoms in total. The molecule has 0 aromatic heterocycles. The number of nitrogens with two attached hydrogens (primary N) is 1. The summed E-state index contributed by atoms with van der Waals surface area (Å²) in [6.07, 6.45) is 3.01. The van der Waals surface area contributed by atoms with Gasteiger partial charge in [0, 0.05) is 24.3 Å². The van der Waals surface area contributed by atoms with E-state index >= 15 is 0 Å². The van der Waals surface area contributed by atoms with Crippen molar-refractivity contribution in [2.45, 2.75) is 45.2 Å². The first kappa shape index (κ1) is 14.9. The van der Waals surface area contributed by atoms with Crippen molar-refractivity contribution < 1.29 is 4.79 Å². The van der Waals surface area contributed by atoms with E-state index in [0.717, 1.165) is 24.9 Å². The van der Waals surface area contributed by atoms with Crippen molar-refractivity contribution in [3.63, 3.8) is 0 Å². The first-order valence-corrected chi connectivity index (χ1v) is 7.49. The lowest BCUT2D eigenvalue weighted by Crippen LogP contribution is -2.49. The molecule has 110 valence electrons. The molecule has 4 heteroatoms. The first-order chi connectivity index (χ1) is 9.65. The van der Waals surface area contributed by atoms with Crippen LogP contribution >= 0.6 is 0 Å². The number of rotatable bonds is 5.